The molecule has 0 bridgehead atoms. The van der Waals surface area contributed by atoms with Gasteiger partial charge in [0, 0.05) is 0 Å². The van der Waals surface area contributed by atoms with Crippen LogP contribution in [0.2, 0.25) is 0 Å². The van der Waals surface area contributed by atoms with E-state index in [1.165, 1.54) is 5.32 Å². The molecule has 5 nitrogen and oxygen atoms in total. The van der Waals surface area contributed by atoms with Crippen molar-refractivity contribution in [1.29, 1.82) is 0 Å². The Bertz CT molecular complexity index is 259. The number of nitrogens with one attached hydrogen (secondary N) is 1. The number of aliphatic hydroxyl groups is 1. The Morgan fingerprint density at radius 1 is 1.40 bits per heavy atom. The summed E-state index contributed by atoms with van der Waals surface area (Å²) in [5, 5.41) is 9.92. The maximum absolute atomic E-state index is 12.2. The molecule has 0 spiro atoms. The molecule has 88 valence electrons. The molecule has 0 aliphatic carbocycles. The van der Waals surface area contributed by atoms with Crippen LogP contribution in [0, 0.1) is 0 Å². The fourth-order valence-corrected chi connectivity index (χ4v) is 0.507. The van der Waals surface area contributed by atoms with E-state index >= 15 is 0 Å². The van der Waals surface area contributed by atoms with Crippen molar-refractivity contribution < 1.29 is 32.3 Å². The minimum Gasteiger partial charge on any atom is -0.381 e. The molecule has 0 saturated heterocycles. The molecule has 0 saturated carbocycles. The predicted octanol–water partition coefficient (Wildman–Crippen LogP) is -1.15. The number of primary amides is 1. The van der Waals surface area contributed by atoms with E-state index in [0.717, 1.165) is 0 Å². The lowest BCUT2D eigenvalue weighted by atomic mass is 10.3. The van der Waals surface area contributed by atoms with Crippen LogP contribution >= 0.6 is 0 Å². The van der Waals surface area contributed by atoms with Gasteiger partial charge in [-0.3, -0.25) is 9.59 Å². The first-order chi connectivity index (χ1) is 6.69. The number of alkyl halides is 4. The van der Waals surface area contributed by atoms with Crippen LogP contribution in [0.1, 0.15) is 0 Å². The Kier molecular flexibility index (Phi) is 4.46. The van der Waals surface area contributed by atoms with E-state index in [-0.39, 0.29) is 0 Å². The Hall–Kier alpha value is -1.38. The van der Waals surface area contributed by atoms with Gasteiger partial charge in [-0.25, -0.2) is 8.78 Å². The zero-order chi connectivity index (χ0) is 12.2. The summed E-state index contributed by atoms with van der Waals surface area (Å²) in [6.07, 6.45) is -6.06. The van der Waals surface area contributed by atoms with Gasteiger partial charge in [0.15, 0.2) is 0 Å². The third-order valence-electron chi connectivity index (χ3n) is 1.36. The Balaban J connectivity index is 4.21. The molecule has 9 heteroatoms. The highest BCUT2D eigenvalue weighted by atomic mass is 19.3. The van der Waals surface area contributed by atoms with Gasteiger partial charge >= 0.3 is 12.3 Å². The molecule has 15 heavy (non-hydrogen) atoms. The van der Waals surface area contributed by atoms with Crippen LogP contribution in [0.4, 0.5) is 17.6 Å². The first-order valence-corrected chi connectivity index (χ1v) is 3.61. The molecular formula is C6H8F4N2O3. The highest BCUT2D eigenvalue weighted by molar-refractivity contribution is 5.85. The number of halogens is 4. The van der Waals surface area contributed by atoms with Crippen LogP contribution in [0.25, 0.3) is 0 Å². The minimum absolute atomic E-state index is 0.948. The molecule has 0 rings (SSSR count). The van der Waals surface area contributed by atoms with Gasteiger partial charge in [-0.1, -0.05) is 0 Å². The van der Waals surface area contributed by atoms with Gasteiger partial charge in [0.25, 0.3) is 5.91 Å². The molecule has 0 heterocycles. The summed E-state index contributed by atoms with van der Waals surface area (Å²) in [7, 11) is 0. The van der Waals surface area contributed by atoms with Crippen LogP contribution in [0.15, 0.2) is 0 Å². The van der Waals surface area contributed by atoms with Gasteiger partial charge in [-0.05, 0) is 0 Å². The largest absolute Gasteiger partial charge is 0.383 e. The fraction of sp³-hybridized carbons (Fsp3) is 0.667. The van der Waals surface area contributed by atoms with Crippen molar-refractivity contribution in [2.24, 2.45) is 5.73 Å². The lowest BCUT2D eigenvalue weighted by Gasteiger charge is -2.15. The molecule has 0 fully saturated rings. The van der Waals surface area contributed by atoms with Gasteiger partial charge in [-0.2, -0.15) is 8.78 Å². The van der Waals surface area contributed by atoms with Gasteiger partial charge in [-0.15, -0.1) is 0 Å². The zero-order valence-electron chi connectivity index (χ0n) is 7.21. The molecule has 1 unspecified atom stereocenters. The smallest absolute Gasteiger partial charge is 0.381 e. The monoisotopic (exact) mass is 232 g/mol. The fourth-order valence-electron chi connectivity index (χ4n) is 0.507. The molecule has 4 N–H and O–H groups in total. The summed E-state index contributed by atoms with van der Waals surface area (Å²) >= 11 is 0. The minimum atomic E-state index is -4.86. The van der Waals surface area contributed by atoms with E-state index in [1.54, 1.807) is 0 Å². The molecule has 0 radical (unpaired) electrons. The normalized spacial score (nSPS) is 13.7. The molecule has 0 aromatic carbocycles. The quantitative estimate of drug-likeness (QED) is 0.522. The van der Waals surface area contributed by atoms with Crippen molar-refractivity contribution in [3.63, 3.8) is 0 Å². The SMILES string of the molecule is NC(=O)C(O)CNC(=O)C(F)(F)C(F)F. The number of hydrogen-bond acceptors (Lipinski definition) is 3. The van der Waals surface area contributed by atoms with Crippen molar-refractivity contribution in [2.45, 2.75) is 18.5 Å². The lowest BCUT2D eigenvalue weighted by Crippen LogP contribution is -2.49. The summed E-state index contributed by atoms with van der Waals surface area (Å²) in [5.74, 6) is -8.41. The molecule has 1 atom stereocenters. The van der Waals surface area contributed by atoms with Crippen LogP contribution in [-0.2, 0) is 9.59 Å². The third kappa shape index (κ3) is 3.70. The topological polar surface area (TPSA) is 92.4 Å². The maximum atomic E-state index is 12.2. The second-order valence-corrected chi connectivity index (χ2v) is 2.55. The number of amides is 2. The average Bonchev–Trinajstić information content (AvgIpc) is 2.12. The second kappa shape index (κ2) is 4.91. The molecule has 0 aromatic heterocycles. The summed E-state index contributed by atoms with van der Waals surface area (Å²) in [4.78, 5) is 20.6. The van der Waals surface area contributed by atoms with E-state index in [0.29, 0.717) is 0 Å². The zero-order valence-corrected chi connectivity index (χ0v) is 7.21. The van der Waals surface area contributed by atoms with Crippen LogP contribution in [-0.4, -0.2) is 41.9 Å². The third-order valence-corrected chi connectivity index (χ3v) is 1.36. The van der Waals surface area contributed by atoms with Crippen molar-refractivity contribution in [1.82, 2.24) is 5.32 Å². The Morgan fingerprint density at radius 2 is 1.87 bits per heavy atom. The van der Waals surface area contributed by atoms with E-state index in [2.05, 4.69) is 5.73 Å². The van der Waals surface area contributed by atoms with Crippen molar-refractivity contribution in [3.8, 4) is 0 Å². The average molecular weight is 232 g/mol. The molecule has 0 aliphatic rings. The number of hydrogen-bond donors (Lipinski definition) is 3. The number of rotatable bonds is 5. The van der Waals surface area contributed by atoms with E-state index in [1.807, 2.05) is 0 Å². The summed E-state index contributed by atoms with van der Waals surface area (Å²) in [5.41, 5.74) is 4.52. The molecule has 0 aromatic rings. The highest BCUT2D eigenvalue weighted by Crippen LogP contribution is 2.22. The number of carbonyl (C=O) groups excluding carboxylic acids is 2. The molecule has 0 aliphatic heterocycles. The maximum Gasteiger partial charge on any atom is 0.383 e. The van der Waals surface area contributed by atoms with Crippen molar-refractivity contribution >= 4 is 11.8 Å². The molecular weight excluding hydrogens is 224 g/mol. The number of nitrogens with two attached hydrogens (primary N) is 1. The number of aliphatic hydroxyl groups excluding tert-OH is 1. The van der Waals surface area contributed by atoms with Crippen molar-refractivity contribution in [2.75, 3.05) is 6.54 Å². The lowest BCUT2D eigenvalue weighted by molar-refractivity contribution is -0.169. The van der Waals surface area contributed by atoms with Gasteiger partial charge in [0.1, 0.15) is 6.10 Å². The van der Waals surface area contributed by atoms with E-state index < -0.39 is 36.8 Å². The summed E-state index contributed by atoms with van der Waals surface area (Å²) < 4.78 is 47.6. The van der Waals surface area contributed by atoms with Crippen molar-refractivity contribution in [3.05, 3.63) is 0 Å². The molecule has 2 amide bonds. The number of carbonyl (C=O) groups is 2. The van der Waals surface area contributed by atoms with E-state index in [9.17, 15) is 27.2 Å². The Morgan fingerprint density at radius 3 is 2.20 bits per heavy atom. The van der Waals surface area contributed by atoms with Crippen LogP contribution in [0.5, 0.6) is 0 Å². The predicted molar refractivity (Wildman–Crippen MR) is 39.2 cm³/mol. The van der Waals surface area contributed by atoms with E-state index in [4.69, 9.17) is 5.11 Å². The van der Waals surface area contributed by atoms with Crippen LogP contribution < -0.4 is 11.1 Å². The first kappa shape index (κ1) is 13.6. The standard InChI is InChI=1S/C6H8F4N2O3/c7-4(8)6(9,10)5(15)12-1-2(13)3(11)14/h2,4,13H,1H2,(H2,11,14)(H,12,15). The first-order valence-electron chi connectivity index (χ1n) is 3.61. The van der Waals surface area contributed by atoms with Gasteiger partial charge in [0.2, 0.25) is 5.91 Å². The highest BCUT2D eigenvalue weighted by Gasteiger charge is 2.48. The summed E-state index contributed by atoms with van der Waals surface area (Å²) in [6.45, 7) is -0.948. The second-order valence-electron chi connectivity index (χ2n) is 2.55. The van der Waals surface area contributed by atoms with Crippen LogP contribution in [0.3, 0.4) is 0 Å². The van der Waals surface area contributed by atoms with Gasteiger partial charge < -0.3 is 16.2 Å². The summed E-state index contributed by atoms with van der Waals surface area (Å²) in [6, 6.07) is 0. The van der Waals surface area contributed by atoms with Gasteiger partial charge in [0.05, 0.1) is 6.54 Å². The Labute approximate surface area is 81.2 Å².